The maximum atomic E-state index is 12.3. The Morgan fingerprint density at radius 2 is 1.79 bits per heavy atom. The fourth-order valence-corrected chi connectivity index (χ4v) is 3.19. The van der Waals surface area contributed by atoms with Crippen LogP contribution in [-0.2, 0) is 4.79 Å². The van der Waals surface area contributed by atoms with Crippen molar-refractivity contribution in [2.75, 3.05) is 19.7 Å². The topological polar surface area (TPSA) is 49.8 Å². The lowest BCUT2D eigenvalue weighted by atomic mass is 9.89. The van der Waals surface area contributed by atoms with Crippen molar-refractivity contribution >= 4 is 17.5 Å². The smallest absolute Gasteiger partial charge is 0.260 e. The number of piperidine rings is 1. The number of carbonyl (C=O) groups is 1. The highest BCUT2D eigenvalue weighted by atomic mass is 35.5. The molecular weight excluding hydrogens is 326 g/mol. The zero-order valence-corrected chi connectivity index (χ0v) is 14.1. The van der Waals surface area contributed by atoms with Gasteiger partial charge in [-0.25, -0.2) is 0 Å². The number of hydrogen-bond acceptors (Lipinski definition) is 3. The summed E-state index contributed by atoms with van der Waals surface area (Å²) in [5, 5.41) is 9.88. The summed E-state index contributed by atoms with van der Waals surface area (Å²) >= 11 is 6.02. The Kier molecular flexibility index (Phi) is 5.26. The summed E-state index contributed by atoms with van der Waals surface area (Å²) < 4.78 is 5.53. The minimum Gasteiger partial charge on any atom is -0.508 e. The van der Waals surface area contributed by atoms with Gasteiger partial charge in [-0.1, -0.05) is 35.9 Å². The number of hydrogen-bond donors (Lipinski definition) is 1. The van der Waals surface area contributed by atoms with E-state index >= 15 is 0 Å². The van der Waals surface area contributed by atoms with E-state index in [0.717, 1.165) is 25.9 Å². The van der Waals surface area contributed by atoms with Crippen LogP contribution in [-0.4, -0.2) is 35.6 Å². The van der Waals surface area contributed by atoms with E-state index < -0.39 is 0 Å². The van der Waals surface area contributed by atoms with Gasteiger partial charge in [-0.3, -0.25) is 4.79 Å². The summed E-state index contributed by atoms with van der Waals surface area (Å²) in [5.74, 6) is 1.23. The van der Waals surface area contributed by atoms with Crippen molar-refractivity contribution in [3.63, 3.8) is 0 Å². The molecule has 0 unspecified atom stereocenters. The van der Waals surface area contributed by atoms with Crippen molar-refractivity contribution in [1.82, 2.24) is 4.90 Å². The molecule has 3 rings (SSSR count). The summed E-state index contributed by atoms with van der Waals surface area (Å²) in [6.07, 6.45) is 1.84. The van der Waals surface area contributed by atoms with Crippen LogP contribution in [0.3, 0.4) is 0 Å². The number of aromatic hydroxyl groups is 1. The number of rotatable bonds is 4. The number of amides is 1. The third-order valence-electron chi connectivity index (χ3n) is 4.40. The number of nitrogens with zero attached hydrogens (tertiary/aromatic N) is 1. The lowest BCUT2D eigenvalue weighted by Gasteiger charge is -2.32. The number of phenolic OH excluding ortho intramolecular Hbond substituents is 1. The van der Waals surface area contributed by atoms with Gasteiger partial charge in [0.25, 0.3) is 5.91 Å². The van der Waals surface area contributed by atoms with Gasteiger partial charge in [0.2, 0.25) is 0 Å². The molecule has 1 fully saturated rings. The minimum atomic E-state index is -0.0147. The number of benzene rings is 2. The van der Waals surface area contributed by atoms with Gasteiger partial charge >= 0.3 is 0 Å². The summed E-state index contributed by atoms with van der Waals surface area (Å²) in [6, 6.07) is 14.5. The first-order valence-corrected chi connectivity index (χ1v) is 8.45. The second kappa shape index (κ2) is 7.58. The maximum Gasteiger partial charge on any atom is 0.260 e. The molecule has 5 heteroatoms. The van der Waals surface area contributed by atoms with Crippen LogP contribution in [0.15, 0.2) is 48.5 Å². The Labute approximate surface area is 146 Å². The van der Waals surface area contributed by atoms with Crippen molar-refractivity contribution in [2.24, 2.45) is 0 Å². The number of ether oxygens (including phenoxy) is 1. The molecule has 1 aliphatic heterocycles. The summed E-state index contributed by atoms with van der Waals surface area (Å²) in [7, 11) is 0. The van der Waals surface area contributed by atoms with Gasteiger partial charge in [0.1, 0.15) is 11.5 Å². The van der Waals surface area contributed by atoms with Crippen LogP contribution in [0.5, 0.6) is 11.5 Å². The minimum absolute atomic E-state index is 0.00755. The SMILES string of the molecule is O=C(COc1ccccc1Cl)N1CCC(c2ccc(O)cc2)CC1. The van der Waals surface area contributed by atoms with Gasteiger partial charge < -0.3 is 14.7 Å². The van der Waals surface area contributed by atoms with Crippen molar-refractivity contribution in [3.8, 4) is 11.5 Å². The van der Waals surface area contributed by atoms with Crippen LogP contribution >= 0.6 is 11.6 Å². The molecular formula is C19H20ClNO3. The van der Waals surface area contributed by atoms with E-state index in [9.17, 15) is 9.90 Å². The third-order valence-corrected chi connectivity index (χ3v) is 4.71. The van der Waals surface area contributed by atoms with E-state index in [1.807, 2.05) is 29.2 Å². The number of carbonyl (C=O) groups excluding carboxylic acids is 1. The van der Waals surface area contributed by atoms with E-state index in [-0.39, 0.29) is 18.3 Å². The molecule has 1 heterocycles. The molecule has 1 amide bonds. The van der Waals surface area contributed by atoms with Gasteiger partial charge in [-0.15, -0.1) is 0 Å². The van der Waals surface area contributed by atoms with E-state index in [1.54, 1.807) is 24.3 Å². The fourth-order valence-electron chi connectivity index (χ4n) is 3.00. The number of halogens is 1. The van der Waals surface area contributed by atoms with Gasteiger partial charge in [-0.2, -0.15) is 0 Å². The second-order valence-corrected chi connectivity index (χ2v) is 6.37. The average molecular weight is 346 g/mol. The fraction of sp³-hybridized carbons (Fsp3) is 0.316. The molecule has 1 saturated heterocycles. The molecule has 4 nitrogen and oxygen atoms in total. The Morgan fingerprint density at radius 1 is 1.12 bits per heavy atom. The molecule has 0 radical (unpaired) electrons. The van der Waals surface area contributed by atoms with Gasteiger partial charge in [-0.05, 0) is 48.6 Å². The van der Waals surface area contributed by atoms with Crippen LogP contribution in [0.1, 0.15) is 24.3 Å². The number of phenols is 1. The Bertz CT molecular complexity index is 694. The molecule has 2 aromatic rings. The predicted molar refractivity (Wildman–Crippen MR) is 93.6 cm³/mol. The maximum absolute atomic E-state index is 12.3. The lowest BCUT2D eigenvalue weighted by molar-refractivity contribution is -0.134. The molecule has 0 bridgehead atoms. The average Bonchev–Trinajstić information content (AvgIpc) is 2.62. The monoisotopic (exact) mass is 345 g/mol. The molecule has 0 aromatic heterocycles. The highest BCUT2D eigenvalue weighted by Crippen LogP contribution is 2.29. The Hall–Kier alpha value is -2.20. The first-order chi connectivity index (χ1) is 11.6. The van der Waals surface area contributed by atoms with Gasteiger partial charge in [0.05, 0.1) is 5.02 Å². The van der Waals surface area contributed by atoms with Crippen molar-refractivity contribution < 1.29 is 14.6 Å². The Balaban J connectivity index is 1.50. The second-order valence-electron chi connectivity index (χ2n) is 5.97. The highest BCUT2D eigenvalue weighted by molar-refractivity contribution is 6.32. The van der Waals surface area contributed by atoms with Gasteiger partial charge in [0.15, 0.2) is 6.61 Å². The molecule has 2 aromatic carbocycles. The predicted octanol–water partition coefficient (Wildman–Crippen LogP) is 3.83. The van der Waals surface area contributed by atoms with Crippen LogP contribution < -0.4 is 4.74 Å². The standard InChI is InChI=1S/C19H20ClNO3/c20-17-3-1-2-4-18(17)24-13-19(23)21-11-9-15(10-12-21)14-5-7-16(22)8-6-14/h1-8,15,22H,9-13H2. The highest BCUT2D eigenvalue weighted by Gasteiger charge is 2.24. The molecule has 24 heavy (non-hydrogen) atoms. The molecule has 0 atom stereocenters. The molecule has 1 aliphatic rings. The number of likely N-dealkylation sites (tertiary alicyclic amines) is 1. The van der Waals surface area contributed by atoms with Crippen molar-refractivity contribution in [3.05, 3.63) is 59.1 Å². The van der Waals surface area contributed by atoms with E-state index in [0.29, 0.717) is 16.7 Å². The third kappa shape index (κ3) is 4.01. The molecule has 0 saturated carbocycles. The summed E-state index contributed by atoms with van der Waals surface area (Å²) in [4.78, 5) is 14.1. The van der Waals surface area contributed by atoms with E-state index in [2.05, 4.69) is 0 Å². The normalized spacial score (nSPS) is 15.3. The van der Waals surface area contributed by atoms with E-state index in [4.69, 9.17) is 16.3 Å². The Morgan fingerprint density at radius 3 is 2.46 bits per heavy atom. The molecule has 0 spiro atoms. The number of para-hydroxylation sites is 1. The van der Waals surface area contributed by atoms with Crippen LogP contribution in [0.2, 0.25) is 5.02 Å². The van der Waals surface area contributed by atoms with E-state index in [1.165, 1.54) is 5.56 Å². The van der Waals surface area contributed by atoms with Crippen LogP contribution in [0.25, 0.3) is 0 Å². The zero-order chi connectivity index (χ0) is 16.9. The van der Waals surface area contributed by atoms with Crippen molar-refractivity contribution in [2.45, 2.75) is 18.8 Å². The van der Waals surface area contributed by atoms with Crippen LogP contribution in [0.4, 0.5) is 0 Å². The van der Waals surface area contributed by atoms with Crippen molar-refractivity contribution in [1.29, 1.82) is 0 Å². The van der Waals surface area contributed by atoms with Crippen LogP contribution in [0, 0.1) is 0 Å². The molecule has 0 aliphatic carbocycles. The first kappa shape index (κ1) is 16.7. The summed E-state index contributed by atoms with van der Waals surface area (Å²) in [6.45, 7) is 1.44. The molecule has 126 valence electrons. The van der Waals surface area contributed by atoms with Gasteiger partial charge in [0, 0.05) is 13.1 Å². The summed E-state index contributed by atoms with van der Waals surface area (Å²) in [5.41, 5.74) is 1.22. The first-order valence-electron chi connectivity index (χ1n) is 8.07. The quantitative estimate of drug-likeness (QED) is 0.916. The largest absolute Gasteiger partial charge is 0.508 e. The molecule has 1 N–H and O–H groups in total. The zero-order valence-electron chi connectivity index (χ0n) is 13.3. The lowest BCUT2D eigenvalue weighted by Crippen LogP contribution is -2.40.